The van der Waals surface area contributed by atoms with Crippen LogP contribution in [0.4, 0.5) is 4.79 Å². The molecule has 3 atom stereocenters. The van der Waals surface area contributed by atoms with Gasteiger partial charge in [-0.1, -0.05) is 36.8 Å². The van der Waals surface area contributed by atoms with Gasteiger partial charge in [0.2, 0.25) is 11.8 Å². The number of piperazine rings is 1. The predicted octanol–water partition coefficient (Wildman–Crippen LogP) is 1.96. The second kappa shape index (κ2) is 12.9. The summed E-state index contributed by atoms with van der Waals surface area (Å²) in [6.45, 7) is 2.50. The fraction of sp³-hybridized carbons (Fsp3) is 0.607. The van der Waals surface area contributed by atoms with E-state index in [0.29, 0.717) is 39.0 Å². The summed E-state index contributed by atoms with van der Waals surface area (Å²) in [5.41, 5.74) is 6.90. The molecular weight excluding hydrogens is 500 g/mol. The first-order valence-electron chi connectivity index (χ1n) is 14.0. The van der Waals surface area contributed by atoms with Crippen LogP contribution in [0.1, 0.15) is 50.5 Å². The third-order valence-electron chi connectivity index (χ3n) is 8.22. The van der Waals surface area contributed by atoms with Crippen LogP contribution in [0.3, 0.4) is 0 Å². The summed E-state index contributed by atoms with van der Waals surface area (Å²) < 4.78 is 0. The lowest BCUT2D eigenvalue weighted by atomic mass is 9.78. The lowest BCUT2D eigenvalue weighted by Crippen LogP contribution is -2.70. The molecule has 39 heavy (non-hydrogen) atoms. The molecule has 3 aliphatic heterocycles. The van der Waals surface area contributed by atoms with Gasteiger partial charge in [0.05, 0.1) is 5.92 Å². The number of imide groups is 1. The first-order valence-corrected chi connectivity index (χ1v) is 14.0. The Kier molecular flexibility index (Phi) is 9.42. The van der Waals surface area contributed by atoms with Crippen molar-refractivity contribution in [1.29, 1.82) is 5.41 Å². The average Bonchev–Trinajstić information content (AvgIpc) is 2.94. The van der Waals surface area contributed by atoms with E-state index >= 15 is 0 Å². The van der Waals surface area contributed by atoms with Gasteiger partial charge in [-0.05, 0) is 50.0 Å². The number of aryl methyl sites for hydroxylation is 1. The zero-order chi connectivity index (χ0) is 27.9. The summed E-state index contributed by atoms with van der Waals surface area (Å²) in [6, 6.07) is 8.50. The van der Waals surface area contributed by atoms with Crippen molar-refractivity contribution < 1.29 is 24.3 Å². The van der Waals surface area contributed by atoms with Crippen molar-refractivity contribution in [2.45, 2.75) is 57.4 Å². The summed E-state index contributed by atoms with van der Waals surface area (Å²) in [5.74, 6) is -2.31. The van der Waals surface area contributed by atoms with Crippen molar-refractivity contribution in [3.63, 3.8) is 0 Å². The van der Waals surface area contributed by atoms with Crippen LogP contribution >= 0.6 is 0 Å². The normalized spacial score (nSPS) is 23.4. The predicted molar refractivity (Wildman–Crippen MR) is 145 cm³/mol. The van der Waals surface area contributed by atoms with Gasteiger partial charge in [0, 0.05) is 45.7 Å². The number of carboxylic acids is 1. The molecule has 4 N–H and O–H groups in total. The van der Waals surface area contributed by atoms with E-state index in [1.807, 2.05) is 18.2 Å². The quantitative estimate of drug-likeness (QED) is 0.187. The first-order chi connectivity index (χ1) is 18.8. The van der Waals surface area contributed by atoms with Gasteiger partial charge in [-0.2, -0.15) is 0 Å². The Hall–Kier alpha value is -3.63. The molecule has 0 aromatic heterocycles. The number of nitrogens with two attached hydrogens (primary N) is 1. The maximum absolute atomic E-state index is 13.1. The molecule has 1 aromatic carbocycles. The number of β-lactam (4-membered cyclic amide) rings is 1. The standard InChI is InChI=1S/C28H40N6O5/c29-27(30)33-13-7-11-21(19-33)18-22-24(26(37)38)34(25(22)36)28(39)32-16-14-31(15-17-32)23(35)12-6-2-5-10-20-8-3-1-4-9-20/h1,3-4,8-9,21-22,24H,2,5-7,10-19H2,(H3,29,30)(H,37,38)/t21?,22-,24?/m1/s1. The molecule has 212 valence electrons. The van der Waals surface area contributed by atoms with Gasteiger partial charge >= 0.3 is 12.0 Å². The summed E-state index contributed by atoms with van der Waals surface area (Å²) in [7, 11) is 0. The van der Waals surface area contributed by atoms with E-state index < -0.39 is 29.9 Å². The molecule has 0 aliphatic carbocycles. The van der Waals surface area contributed by atoms with Gasteiger partial charge in [-0.15, -0.1) is 0 Å². The maximum atomic E-state index is 13.1. The molecule has 11 nitrogen and oxygen atoms in total. The number of likely N-dealkylation sites (tertiary alicyclic amines) is 2. The number of unbranched alkanes of at least 4 members (excludes halogenated alkanes) is 2. The number of guanidine groups is 1. The third-order valence-corrected chi connectivity index (χ3v) is 8.22. The van der Waals surface area contributed by atoms with Gasteiger partial charge in [0.25, 0.3) is 0 Å². The van der Waals surface area contributed by atoms with E-state index in [2.05, 4.69) is 12.1 Å². The van der Waals surface area contributed by atoms with Gasteiger partial charge in [-0.25, -0.2) is 14.5 Å². The molecule has 3 aliphatic rings. The van der Waals surface area contributed by atoms with Crippen LogP contribution in [0.5, 0.6) is 0 Å². The molecule has 1 aromatic rings. The minimum atomic E-state index is -1.19. The highest BCUT2D eigenvalue weighted by molar-refractivity contribution is 6.07. The molecule has 0 saturated carbocycles. The highest BCUT2D eigenvalue weighted by Gasteiger charge is 2.56. The SMILES string of the molecule is N=C(N)N1CCCC(C[C@H]2C(=O)N(C(=O)N3CCN(C(=O)CCCCCc4ccccc4)CC3)C2C(=O)O)C1. The van der Waals surface area contributed by atoms with Crippen LogP contribution in [-0.4, -0.2) is 99.8 Å². The highest BCUT2D eigenvalue weighted by Crippen LogP contribution is 2.36. The van der Waals surface area contributed by atoms with E-state index in [9.17, 15) is 24.3 Å². The molecule has 3 saturated heterocycles. The largest absolute Gasteiger partial charge is 0.480 e. The first kappa shape index (κ1) is 28.4. The summed E-state index contributed by atoms with van der Waals surface area (Å²) >= 11 is 0. The topological polar surface area (TPSA) is 151 Å². The lowest BCUT2D eigenvalue weighted by Gasteiger charge is -2.47. The van der Waals surface area contributed by atoms with Gasteiger partial charge in [0.15, 0.2) is 12.0 Å². The molecule has 0 spiro atoms. The van der Waals surface area contributed by atoms with Crippen molar-refractivity contribution in [3.8, 4) is 0 Å². The maximum Gasteiger partial charge on any atom is 0.327 e. The third kappa shape index (κ3) is 6.88. The Morgan fingerprint density at radius 2 is 1.64 bits per heavy atom. The number of urea groups is 1. The Balaban J connectivity index is 1.20. The average molecular weight is 541 g/mol. The molecule has 11 heteroatoms. The second-order valence-electron chi connectivity index (χ2n) is 10.9. The Morgan fingerprint density at radius 1 is 0.949 bits per heavy atom. The van der Waals surface area contributed by atoms with E-state index in [-0.39, 0.29) is 30.9 Å². The van der Waals surface area contributed by atoms with Crippen molar-refractivity contribution >= 4 is 29.8 Å². The van der Waals surface area contributed by atoms with Crippen LogP contribution in [-0.2, 0) is 20.8 Å². The Labute approximate surface area is 229 Å². The van der Waals surface area contributed by atoms with Crippen molar-refractivity contribution in [1.82, 2.24) is 19.6 Å². The smallest absolute Gasteiger partial charge is 0.327 e. The van der Waals surface area contributed by atoms with Crippen LogP contribution in [0.15, 0.2) is 30.3 Å². The lowest BCUT2D eigenvalue weighted by molar-refractivity contribution is -0.167. The van der Waals surface area contributed by atoms with Crippen LogP contribution in [0.2, 0.25) is 0 Å². The number of hydrogen-bond acceptors (Lipinski definition) is 5. The number of carbonyl (C=O) groups excluding carboxylic acids is 3. The summed E-state index contributed by atoms with van der Waals surface area (Å²) in [5, 5.41) is 17.5. The number of aliphatic carboxylic acids is 1. The summed E-state index contributed by atoms with van der Waals surface area (Å²) in [4.78, 5) is 56.6. The summed E-state index contributed by atoms with van der Waals surface area (Å²) in [6.07, 6.45) is 6.31. The second-order valence-corrected chi connectivity index (χ2v) is 10.9. The Morgan fingerprint density at radius 3 is 2.31 bits per heavy atom. The number of amides is 4. The molecular formula is C28H40N6O5. The van der Waals surface area contributed by atoms with Gasteiger partial charge < -0.3 is 25.5 Å². The monoisotopic (exact) mass is 540 g/mol. The Bertz CT molecular complexity index is 1060. The molecule has 0 bridgehead atoms. The van der Waals surface area contributed by atoms with Crippen LogP contribution in [0, 0.1) is 17.2 Å². The fourth-order valence-corrected chi connectivity index (χ4v) is 5.99. The zero-order valence-corrected chi connectivity index (χ0v) is 22.5. The van der Waals surface area contributed by atoms with E-state index in [1.54, 1.807) is 9.80 Å². The number of nitrogens with zero attached hydrogens (tertiary/aromatic N) is 4. The number of carboxylic acid groups (broad SMARTS) is 1. The number of rotatable bonds is 9. The molecule has 4 rings (SSSR count). The number of benzene rings is 1. The van der Waals surface area contributed by atoms with Gasteiger partial charge in [0.1, 0.15) is 0 Å². The van der Waals surface area contributed by atoms with E-state index in [0.717, 1.165) is 43.4 Å². The number of nitrogens with one attached hydrogen (secondary N) is 1. The number of hydrogen-bond donors (Lipinski definition) is 3. The molecule has 0 radical (unpaired) electrons. The van der Waals surface area contributed by atoms with Gasteiger partial charge in [-0.3, -0.25) is 15.0 Å². The minimum absolute atomic E-state index is 0.0214. The molecule has 4 amide bonds. The van der Waals surface area contributed by atoms with E-state index in [1.165, 1.54) is 10.5 Å². The number of piperidine rings is 1. The molecule has 3 heterocycles. The number of carbonyl (C=O) groups is 4. The van der Waals surface area contributed by atoms with Crippen molar-refractivity contribution in [3.05, 3.63) is 35.9 Å². The zero-order valence-electron chi connectivity index (χ0n) is 22.5. The van der Waals surface area contributed by atoms with E-state index in [4.69, 9.17) is 11.1 Å². The van der Waals surface area contributed by atoms with Crippen LogP contribution < -0.4 is 5.73 Å². The molecule has 3 fully saturated rings. The highest BCUT2D eigenvalue weighted by atomic mass is 16.4. The minimum Gasteiger partial charge on any atom is -0.480 e. The van der Waals surface area contributed by atoms with Crippen LogP contribution in [0.25, 0.3) is 0 Å². The van der Waals surface area contributed by atoms with Crippen molar-refractivity contribution in [2.24, 2.45) is 17.6 Å². The van der Waals surface area contributed by atoms with Crippen molar-refractivity contribution in [2.75, 3.05) is 39.3 Å². The molecule has 2 unspecified atom stereocenters. The fourth-order valence-electron chi connectivity index (χ4n) is 5.99.